The molecule has 6 nitrogen and oxygen atoms in total. The summed E-state index contributed by atoms with van der Waals surface area (Å²) in [6.45, 7) is 7.92. The van der Waals surface area contributed by atoms with Crippen molar-refractivity contribution in [3.8, 4) is 0 Å². The molecule has 0 N–H and O–H groups in total. The summed E-state index contributed by atoms with van der Waals surface area (Å²) in [5.74, 6) is 0.0356. The van der Waals surface area contributed by atoms with E-state index in [2.05, 4.69) is 20.8 Å². The Morgan fingerprint density at radius 1 is 0.903 bits per heavy atom. The van der Waals surface area contributed by atoms with E-state index in [9.17, 15) is 14.4 Å². The summed E-state index contributed by atoms with van der Waals surface area (Å²) >= 11 is 0. The molecule has 0 spiro atoms. The van der Waals surface area contributed by atoms with E-state index < -0.39 is 0 Å². The zero-order valence-electron chi connectivity index (χ0n) is 20.2. The molecule has 1 saturated heterocycles. The van der Waals surface area contributed by atoms with Crippen LogP contribution in [0.2, 0.25) is 0 Å². The SMILES string of the molecule is CCCCCCC1CC(=O)N(CCOCCOCC(=O)C(CCCC)CCCC)C1=O. The van der Waals surface area contributed by atoms with Crippen LogP contribution in [0.1, 0.15) is 97.8 Å². The van der Waals surface area contributed by atoms with Crippen LogP contribution in [0.3, 0.4) is 0 Å². The van der Waals surface area contributed by atoms with Crippen LogP contribution < -0.4 is 0 Å². The van der Waals surface area contributed by atoms with Gasteiger partial charge in [0.05, 0.1) is 26.4 Å². The molecule has 1 aliphatic rings. The predicted molar refractivity (Wildman–Crippen MR) is 123 cm³/mol. The molecule has 0 aromatic rings. The molecule has 1 rings (SSSR count). The molecule has 0 aliphatic carbocycles. The minimum Gasteiger partial charge on any atom is -0.377 e. The van der Waals surface area contributed by atoms with Crippen LogP contribution in [0.25, 0.3) is 0 Å². The molecule has 1 fully saturated rings. The summed E-state index contributed by atoms with van der Waals surface area (Å²) in [5, 5.41) is 0. The van der Waals surface area contributed by atoms with Crippen molar-refractivity contribution in [2.75, 3.05) is 33.0 Å². The maximum Gasteiger partial charge on any atom is 0.232 e. The lowest BCUT2D eigenvalue weighted by atomic mass is 9.92. The van der Waals surface area contributed by atoms with E-state index >= 15 is 0 Å². The Balaban J connectivity index is 2.16. The van der Waals surface area contributed by atoms with Crippen LogP contribution in [-0.4, -0.2) is 55.5 Å². The van der Waals surface area contributed by atoms with Gasteiger partial charge in [-0.15, -0.1) is 0 Å². The molecule has 180 valence electrons. The molecule has 1 aliphatic heterocycles. The molecule has 0 saturated carbocycles. The van der Waals surface area contributed by atoms with Crippen molar-refractivity contribution in [2.24, 2.45) is 11.8 Å². The van der Waals surface area contributed by atoms with Crippen LogP contribution in [-0.2, 0) is 23.9 Å². The second-order valence-electron chi connectivity index (χ2n) is 8.75. The summed E-state index contributed by atoms with van der Waals surface area (Å²) in [4.78, 5) is 38.3. The monoisotopic (exact) mass is 439 g/mol. The van der Waals surface area contributed by atoms with Gasteiger partial charge in [-0.25, -0.2) is 0 Å². The van der Waals surface area contributed by atoms with Gasteiger partial charge >= 0.3 is 0 Å². The van der Waals surface area contributed by atoms with Gasteiger partial charge in [-0.3, -0.25) is 19.3 Å². The van der Waals surface area contributed by atoms with E-state index in [-0.39, 0.29) is 36.0 Å². The Morgan fingerprint density at radius 2 is 1.55 bits per heavy atom. The Labute approximate surface area is 189 Å². The molecule has 0 aromatic carbocycles. The molecule has 0 bridgehead atoms. The largest absolute Gasteiger partial charge is 0.377 e. The van der Waals surface area contributed by atoms with Crippen LogP contribution in [0.5, 0.6) is 0 Å². The van der Waals surface area contributed by atoms with E-state index in [0.717, 1.165) is 64.2 Å². The first-order valence-corrected chi connectivity index (χ1v) is 12.6. The van der Waals surface area contributed by atoms with E-state index in [1.807, 2.05) is 0 Å². The Hall–Kier alpha value is -1.27. The summed E-state index contributed by atoms with van der Waals surface area (Å²) in [5.41, 5.74) is 0. The molecule has 1 heterocycles. The van der Waals surface area contributed by atoms with Gasteiger partial charge in [0.25, 0.3) is 0 Å². The zero-order valence-corrected chi connectivity index (χ0v) is 20.2. The summed E-state index contributed by atoms with van der Waals surface area (Å²) in [6, 6.07) is 0. The van der Waals surface area contributed by atoms with Gasteiger partial charge in [-0.05, 0) is 19.3 Å². The van der Waals surface area contributed by atoms with Crippen molar-refractivity contribution in [1.29, 1.82) is 0 Å². The van der Waals surface area contributed by atoms with E-state index in [1.165, 1.54) is 11.3 Å². The summed E-state index contributed by atoms with van der Waals surface area (Å²) in [7, 11) is 0. The second kappa shape index (κ2) is 17.3. The molecular weight excluding hydrogens is 394 g/mol. The second-order valence-corrected chi connectivity index (χ2v) is 8.75. The van der Waals surface area contributed by atoms with Crippen LogP contribution in [0.15, 0.2) is 0 Å². The van der Waals surface area contributed by atoms with Crippen molar-refractivity contribution in [3.05, 3.63) is 0 Å². The van der Waals surface area contributed by atoms with Crippen LogP contribution in [0.4, 0.5) is 0 Å². The Bertz CT molecular complexity index is 514. The molecule has 31 heavy (non-hydrogen) atoms. The lowest BCUT2D eigenvalue weighted by Crippen LogP contribution is -2.34. The van der Waals surface area contributed by atoms with Gasteiger partial charge in [0.1, 0.15) is 6.61 Å². The highest BCUT2D eigenvalue weighted by molar-refractivity contribution is 6.03. The van der Waals surface area contributed by atoms with E-state index in [4.69, 9.17) is 9.47 Å². The fourth-order valence-corrected chi connectivity index (χ4v) is 4.06. The average Bonchev–Trinajstić information content (AvgIpc) is 3.03. The Morgan fingerprint density at radius 3 is 2.19 bits per heavy atom. The maximum absolute atomic E-state index is 12.4. The quantitative estimate of drug-likeness (QED) is 0.199. The number of carbonyl (C=O) groups excluding carboxylic acids is 3. The molecule has 0 radical (unpaired) electrons. The maximum atomic E-state index is 12.4. The van der Waals surface area contributed by atoms with Crippen molar-refractivity contribution in [1.82, 2.24) is 4.90 Å². The molecule has 6 heteroatoms. The third kappa shape index (κ3) is 11.2. The first-order valence-electron chi connectivity index (χ1n) is 12.6. The third-order valence-electron chi connectivity index (χ3n) is 6.09. The minimum atomic E-state index is -0.146. The number of ketones is 1. The fraction of sp³-hybridized carbons (Fsp3) is 0.880. The number of amides is 2. The molecule has 0 aromatic heterocycles. The minimum absolute atomic E-state index is 0.0443. The van der Waals surface area contributed by atoms with E-state index in [0.29, 0.717) is 32.8 Å². The van der Waals surface area contributed by atoms with Gasteiger partial charge in [0.15, 0.2) is 5.78 Å². The summed E-state index contributed by atoms with van der Waals surface area (Å²) in [6.07, 6.45) is 11.9. The average molecular weight is 440 g/mol. The van der Waals surface area contributed by atoms with Crippen molar-refractivity contribution >= 4 is 17.6 Å². The van der Waals surface area contributed by atoms with Crippen LogP contribution >= 0.6 is 0 Å². The lowest BCUT2D eigenvalue weighted by Gasteiger charge is -2.16. The zero-order chi connectivity index (χ0) is 22.9. The lowest BCUT2D eigenvalue weighted by molar-refractivity contribution is -0.140. The number of carbonyl (C=O) groups is 3. The highest BCUT2D eigenvalue weighted by Crippen LogP contribution is 2.24. The number of nitrogens with zero attached hydrogens (tertiary/aromatic N) is 1. The topological polar surface area (TPSA) is 72.9 Å². The molecule has 1 atom stereocenters. The van der Waals surface area contributed by atoms with Crippen molar-refractivity contribution < 1.29 is 23.9 Å². The number of Topliss-reactive ketones (excluding diaryl/α,β-unsaturated/α-hetero) is 1. The Kier molecular flexibility index (Phi) is 15.5. The first kappa shape index (κ1) is 27.8. The van der Waals surface area contributed by atoms with Gasteiger partial charge in [0.2, 0.25) is 11.8 Å². The highest BCUT2D eigenvalue weighted by atomic mass is 16.5. The van der Waals surface area contributed by atoms with Gasteiger partial charge < -0.3 is 9.47 Å². The normalized spacial score (nSPS) is 16.6. The van der Waals surface area contributed by atoms with E-state index in [1.54, 1.807) is 0 Å². The smallest absolute Gasteiger partial charge is 0.232 e. The molecule has 1 unspecified atom stereocenters. The van der Waals surface area contributed by atoms with Gasteiger partial charge in [0, 0.05) is 18.3 Å². The van der Waals surface area contributed by atoms with Crippen molar-refractivity contribution in [2.45, 2.75) is 97.8 Å². The summed E-state index contributed by atoms with van der Waals surface area (Å²) < 4.78 is 11.0. The first-order chi connectivity index (χ1) is 15.0. The molecular formula is C25H45NO5. The number of rotatable bonds is 20. The van der Waals surface area contributed by atoms with Gasteiger partial charge in [-0.1, -0.05) is 72.1 Å². The number of likely N-dealkylation sites (tertiary alicyclic amines) is 1. The third-order valence-corrected chi connectivity index (χ3v) is 6.09. The highest BCUT2D eigenvalue weighted by Gasteiger charge is 2.37. The number of imide groups is 1. The van der Waals surface area contributed by atoms with Gasteiger partial charge in [-0.2, -0.15) is 0 Å². The van der Waals surface area contributed by atoms with Crippen LogP contribution in [0, 0.1) is 11.8 Å². The number of hydrogen-bond acceptors (Lipinski definition) is 5. The number of hydrogen-bond donors (Lipinski definition) is 0. The fourth-order valence-electron chi connectivity index (χ4n) is 4.06. The molecule has 2 amide bonds. The standard InChI is InChI=1S/C25H45NO5/c1-4-7-10-11-14-22-19-24(28)26(25(22)29)15-16-30-17-18-31-20-23(27)21(12-8-5-2)13-9-6-3/h21-22H,4-20H2,1-3H3. The number of ether oxygens (including phenoxy) is 2. The van der Waals surface area contributed by atoms with Crippen molar-refractivity contribution in [3.63, 3.8) is 0 Å². The predicted octanol–water partition coefficient (Wildman–Crippen LogP) is 4.93. The number of unbranched alkanes of at least 4 members (excludes halogenated alkanes) is 5.